The van der Waals surface area contributed by atoms with E-state index in [-0.39, 0.29) is 0 Å². The Hall–Kier alpha value is -0.370. The highest BCUT2D eigenvalue weighted by atomic mass is 32.1. The summed E-state index contributed by atoms with van der Waals surface area (Å²) in [5.74, 6) is 1.91. The summed E-state index contributed by atoms with van der Waals surface area (Å²) in [4.78, 5) is 0. The van der Waals surface area contributed by atoms with Crippen molar-refractivity contribution in [2.45, 2.75) is 26.7 Å². The van der Waals surface area contributed by atoms with Gasteiger partial charge in [0, 0.05) is 5.92 Å². The highest BCUT2D eigenvalue weighted by Gasteiger charge is 2.40. The normalized spacial score (nSPS) is 40.3. The van der Waals surface area contributed by atoms with E-state index in [0.717, 1.165) is 5.05 Å². The molecule has 0 aromatic heterocycles. The van der Waals surface area contributed by atoms with Gasteiger partial charge < -0.3 is 4.74 Å². The Morgan fingerprint density at radius 1 is 1.50 bits per heavy atom. The van der Waals surface area contributed by atoms with Gasteiger partial charge in [0.15, 0.2) is 5.05 Å². The number of ether oxygens (including phenoxy) is 1. The van der Waals surface area contributed by atoms with Gasteiger partial charge in [-0.3, -0.25) is 0 Å². The van der Waals surface area contributed by atoms with Crippen LogP contribution in [-0.2, 0) is 4.74 Å². The van der Waals surface area contributed by atoms with Gasteiger partial charge in [0.05, 0.1) is 6.26 Å². The molecule has 1 saturated carbocycles. The number of allylic oxidation sites excluding steroid dienone is 1. The van der Waals surface area contributed by atoms with E-state index < -0.39 is 0 Å². The molecular weight excluding hydrogens is 168 g/mol. The molecule has 2 rings (SSSR count). The van der Waals surface area contributed by atoms with E-state index in [2.05, 4.69) is 13.8 Å². The van der Waals surface area contributed by atoms with E-state index in [4.69, 9.17) is 17.0 Å². The predicted octanol–water partition coefficient (Wildman–Crippen LogP) is 2.91. The van der Waals surface area contributed by atoms with Crippen LogP contribution in [-0.4, -0.2) is 5.05 Å². The average Bonchev–Trinajstić information content (AvgIpc) is 2.42. The van der Waals surface area contributed by atoms with Crippen LogP contribution >= 0.6 is 12.2 Å². The fourth-order valence-corrected chi connectivity index (χ4v) is 2.87. The first-order valence-corrected chi connectivity index (χ1v) is 4.98. The van der Waals surface area contributed by atoms with Crippen LogP contribution in [0.1, 0.15) is 26.7 Å². The fraction of sp³-hybridized carbons (Fsp3) is 0.700. The molecular formula is C10H14OS. The van der Waals surface area contributed by atoms with Gasteiger partial charge >= 0.3 is 0 Å². The number of fused-ring (bicyclic) bond motifs is 1. The third-order valence-corrected chi connectivity index (χ3v) is 3.57. The number of thiocarbonyl (C=S) groups is 1. The Kier molecular flexibility index (Phi) is 1.95. The summed E-state index contributed by atoms with van der Waals surface area (Å²) < 4.78 is 5.34. The predicted molar refractivity (Wildman–Crippen MR) is 52.8 cm³/mol. The summed E-state index contributed by atoms with van der Waals surface area (Å²) in [5, 5.41) is 0.815. The molecule has 0 aromatic rings. The first-order valence-electron chi connectivity index (χ1n) is 4.57. The van der Waals surface area contributed by atoms with Crippen molar-refractivity contribution in [2.24, 2.45) is 17.8 Å². The molecule has 2 aliphatic rings. The summed E-state index contributed by atoms with van der Waals surface area (Å²) in [6, 6.07) is 0. The largest absolute Gasteiger partial charge is 0.458 e. The second-order valence-corrected chi connectivity index (χ2v) is 4.39. The lowest BCUT2D eigenvalue weighted by Gasteiger charge is -2.27. The number of hydrogen-bond acceptors (Lipinski definition) is 2. The van der Waals surface area contributed by atoms with E-state index >= 15 is 0 Å². The summed E-state index contributed by atoms with van der Waals surface area (Å²) in [6.45, 7) is 4.43. The maximum atomic E-state index is 5.34. The summed E-state index contributed by atoms with van der Waals surface area (Å²) >= 11 is 5.21. The topological polar surface area (TPSA) is 9.23 Å². The zero-order valence-corrected chi connectivity index (χ0v) is 8.36. The first-order chi connectivity index (χ1) is 5.70. The van der Waals surface area contributed by atoms with Crippen LogP contribution in [0.5, 0.6) is 0 Å². The molecule has 0 spiro atoms. The van der Waals surface area contributed by atoms with Gasteiger partial charge in [-0.2, -0.15) is 0 Å². The maximum Gasteiger partial charge on any atom is 0.170 e. The minimum atomic E-state index is 0.519. The van der Waals surface area contributed by atoms with E-state index in [9.17, 15) is 0 Å². The summed E-state index contributed by atoms with van der Waals surface area (Å²) in [6.07, 6.45) is 4.42. The van der Waals surface area contributed by atoms with Crippen molar-refractivity contribution < 1.29 is 4.74 Å². The minimum absolute atomic E-state index is 0.519. The molecule has 0 aromatic carbocycles. The SMILES string of the molecule is CC1=COC(=S)[C@H]2[C@@H]1CC[C@@H]2C. The Labute approximate surface area is 78.8 Å². The second kappa shape index (κ2) is 2.84. The van der Waals surface area contributed by atoms with Crippen molar-refractivity contribution >= 4 is 17.3 Å². The van der Waals surface area contributed by atoms with Crippen LogP contribution in [0.15, 0.2) is 11.8 Å². The quantitative estimate of drug-likeness (QED) is 0.533. The molecule has 66 valence electrons. The lowest BCUT2D eigenvalue weighted by Crippen LogP contribution is -2.27. The van der Waals surface area contributed by atoms with Crippen molar-refractivity contribution in [3.8, 4) is 0 Å². The fourth-order valence-electron chi connectivity index (χ4n) is 2.42. The lowest BCUT2D eigenvalue weighted by atomic mass is 9.85. The van der Waals surface area contributed by atoms with Crippen LogP contribution in [0.3, 0.4) is 0 Å². The van der Waals surface area contributed by atoms with Gasteiger partial charge in [0.1, 0.15) is 0 Å². The molecule has 1 fully saturated rings. The third kappa shape index (κ3) is 1.09. The van der Waals surface area contributed by atoms with Gasteiger partial charge in [-0.1, -0.05) is 6.92 Å². The smallest absolute Gasteiger partial charge is 0.170 e. The van der Waals surface area contributed by atoms with Gasteiger partial charge in [0.25, 0.3) is 0 Å². The van der Waals surface area contributed by atoms with Crippen molar-refractivity contribution in [3.63, 3.8) is 0 Å². The second-order valence-electron chi connectivity index (χ2n) is 3.99. The van der Waals surface area contributed by atoms with Crippen LogP contribution in [0.25, 0.3) is 0 Å². The Morgan fingerprint density at radius 2 is 2.25 bits per heavy atom. The molecule has 0 unspecified atom stereocenters. The average molecular weight is 182 g/mol. The number of hydrogen-bond donors (Lipinski definition) is 0. The zero-order chi connectivity index (χ0) is 8.72. The van der Waals surface area contributed by atoms with Crippen molar-refractivity contribution in [1.29, 1.82) is 0 Å². The monoisotopic (exact) mass is 182 g/mol. The molecule has 1 aliphatic carbocycles. The molecule has 1 heterocycles. The van der Waals surface area contributed by atoms with Gasteiger partial charge in [-0.15, -0.1) is 0 Å². The van der Waals surface area contributed by atoms with E-state index in [1.54, 1.807) is 0 Å². The summed E-state index contributed by atoms with van der Waals surface area (Å²) in [7, 11) is 0. The molecule has 0 N–H and O–H groups in total. The third-order valence-electron chi connectivity index (χ3n) is 3.20. The van der Waals surface area contributed by atoms with Gasteiger partial charge in [-0.05, 0) is 49.4 Å². The van der Waals surface area contributed by atoms with Crippen molar-refractivity contribution in [1.82, 2.24) is 0 Å². The van der Waals surface area contributed by atoms with Crippen LogP contribution in [0.4, 0.5) is 0 Å². The molecule has 0 bridgehead atoms. The minimum Gasteiger partial charge on any atom is -0.458 e. The van der Waals surface area contributed by atoms with Crippen molar-refractivity contribution in [3.05, 3.63) is 11.8 Å². The molecule has 0 amide bonds. The lowest BCUT2D eigenvalue weighted by molar-refractivity contribution is 0.336. The number of rotatable bonds is 0. The molecule has 12 heavy (non-hydrogen) atoms. The highest BCUT2D eigenvalue weighted by molar-refractivity contribution is 7.80. The Morgan fingerprint density at radius 3 is 2.92 bits per heavy atom. The molecule has 3 atom stereocenters. The zero-order valence-electron chi connectivity index (χ0n) is 7.54. The summed E-state index contributed by atoms with van der Waals surface area (Å²) in [5.41, 5.74) is 1.37. The molecule has 0 saturated heterocycles. The van der Waals surface area contributed by atoms with E-state index in [1.807, 2.05) is 6.26 Å². The van der Waals surface area contributed by atoms with Crippen LogP contribution in [0, 0.1) is 17.8 Å². The molecule has 0 radical (unpaired) electrons. The highest BCUT2D eigenvalue weighted by Crippen LogP contribution is 2.44. The van der Waals surface area contributed by atoms with E-state index in [1.165, 1.54) is 18.4 Å². The van der Waals surface area contributed by atoms with Gasteiger partial charge in [-0.25, -0.2) is 0 Å². The first kappa shape index (κ1) is 8.24. The van der Waals surface area contributed by atoms with Crippen LogP contribution < -0.4 is 0 Å². The van der Waals surface area contributed by atoms with Crippen molar-refractivity contribution in [2.75, 3.05) is 0 Å². The molecule has 1 aliphatic heterocycles. The maximum absolute atomic E-state index is 5.34. The molecule has 2 heteroatoms. The van der Waals surface area contributed by atoms with Crippen LogP contribution in [0.2, 0.25) is 0 Å². The van der Waals surface area contributed by atoms with E-state index in [0.29, 0.717) is 17.8 Å². The standard InChI is InChI=1S/C10H14OS/c1-6-3-4-8-7(2)5-11-10(12)9(6)8/h5-6,8-9H,3-4H2,1-2H3/t6-,8+,9+/m0/s1. The Balaban J connectivity index is 2.29. The Bertz CT molecular complexity index is 244. The molecule has 1 nitrogen and oxygen atoms in total. The van der Waals surface area contributed by atoms with Gasteiger partial charge in [0.2, 0.25) is 0 Å².